The van der Waals surface area contributed by atoms with Crippen LogP contribution in [0.2, 0.25) is 5.02 Å². The van der Waals surface area contributed by atoms with Crippen molar-refractivity contribution in [3.05, 3.63) is 63.5 Å². The van der Waals surface area contributed by atoms with Crippen LogP contribution in [0.5, 0.6) is 11.5 Å². The van der Waals surface area contributed by atoms with Crippen LogP contribution < -0.4 is 9.47 Å². The minimum atomic E-state index is -0.253. The average Bonchev–Trinajstić information content (AvgIpc) is 3.01. The number of ether oxygens (including phenoxy) is 2. The van der Waals surface area contributed by atoms with Gasteiger partial charge in [-0.15, -0.1) is 0 Å². The van der Waals surface area contributed by atoms with E-state index in [0.29, 0.717) is 34.6 Å². The van der Waals surface area contributed by atoms with E-state index in [4.69, 9.17) is 21.1 Å². The monoisotopic (exact) mass is 445 g/mol. The van der Waals surface area contributed by atoms with Crippen LogP contribution in [0.15, 0.2) is 47.4 Å². The first-order valence-corrected chi connectivity index (χ1v) is 11.0. The van der Waals surface area contributed by atoms with Gasteiger partial charge in [-0.05, 0) is 61.9 Å². The third-order valence-corrected chi connectivity index (χ3v) is 6.01. The Labute approximate surface area is 186 Å². The maximum Gasteiger partial charge on any atom is 0.293 e. The molecule has 1 saturated heterocycles. The molecule has 0 radical (unpaired) electrons. The number of rotatable bonds is 8. The van der Waals surface area contributed by atoms with Gasteiger partial charge in [0.15, 0.2) is 11.5 Å². The molecule has 0 aromatic heterocycles. The van der Waals surface area contributed by atoms with E-state index < -0.39 is 0 Å². The van der Waals surface area contributed by atoms with E-state index in [-0.39, 0.29) is 17.2 Å². The number of nitrogens with zero attached hydrogens (tertiary/aromatic N) is 1. The highest BCUT2D eigenvalue weighted by Crippen LogP contribution is 2.36. The van der Waals surface area contributed by atoms with Crippen molar-refractivity contribution >= 4 is 40.6 Å². The number of hydrogen-bond acceptors (Lipinski definition) is 5. The molecular weight excluding hydrogens is 422 g/mol. The molecule has 158 valence electrons. The van der Waals surface area contributed by atoms with Crippen molar-refractivity contribution in [2.75, 3.05) is 6.61 Å². The first-order chi connectivity index (χ1) is 14.4. The molecule has 1 aliphatic heterocycles. The number of imide groups is 1. The largest absolute Gasteiger partial charge is 0.490 e. The molecular formula is C23H24ClNO4S. The summed E-state index contributed by atoms with van der Waals surface area (Å²) in [6.45, 7) is 6.50. The van der Waals surface area contributed by atoms with Gasteiger partial charge in [0, 0.05) is 16.6 Å². The average molecular weight is 446 g/mol. The zero-order chi connectivity index (χ0) is 21.7. The number of benzene rings is 2. The van der Waals surface area contributed by atoms with Gasteiger partial charge in [-0.1, -0.05) is 42.8 Å². The van der Waals surface area contributed by atoms with Gasteiger partial charge in [-0.25, -0.2) is 0 Å². The van der Waals surface area contributed by atoms with Crippen molar-refractivity contribution < 1.29 is 19.1 Å². The molecule has 5 nitrogen and oxygen atoms in total. The number of hydrogen-bond donors (Lipinski definition) is 0. The van der Waals surface area contributed by atoms with Crippen molar-refractivity contribution in [3.8, 4) is 11.5 Å². The number of carbonyl (C=O) groups is 2. The van der Waals surface area contributed by atoms with Gasteiger partial charge in [0.1, 0.15) is 6.61 Å². The van der Waals surface area contributed by atoms with E-state index in [0.717, 1.165) is 29.3 Å². The van der Waals surface area contributed by atoms with E-state index in [1.807, 2.05) is 57.2 Å². The zero-order valence-electron chi connectivity index (χ0n) is 17.2. The van der Waals surface area contributed by atoms with Gasteiger partial charge in [0.05, 0.1) is 11.5 Å². The molecule has 0 bridgehead atoms. The summed E-state index contributed by atoms with van der Waals surface area (Å²) >= 11 is 7.16. The fraction of sp³-hybridized carbons (Fsp3) is 0.304. The number of halogens is 1. The Bertz CT molecular complexity index is 975. The molecule has 0 spiro atoms. The normalized spacial score (nSPS) is 16.3. The van der Waals surface area contributed by atoms with E-state index >= 15 is 0 Å². The third-order valence-electron chi connectivity index (χ3n) is 4.76. The highest BCUT2D eigenvalue weighted by atomic mass is 35.5. The Morgan fingerprint density at radius 1 is 1.10 bits per heavy atom. The standard InChI is InChI=1S/C23H24ClNO4S/c1-4-15(3)25-22(26)21(30-23(25)27)13-16-10-11-19(20(12-16)28-5-2)29-14-17-8-6-7-9-18(17)24/h6-13,15H,4-5,14H2,1-3H3/b21-13+/t15-/m0/s1. The molecule has 1 aliphatic rings. The summed E-state index contributed by atoms with van der Waals surface area (Å²) in [6, 6.07) is 12.8. The van der Waals surface area contributed by atoms with Gasteiger partial charge in [-0.3, -0.25) is 14.5 Å². The molecule has 2 amide bonds. The SMILES string of the molecule is CCOc1cc(/C=C2/SC(=O)N([C@@H](C)CC)C2=O)ccc1OCc1ccccc1Cl. The number of thioether (sulfide) groups is 1. The second kappa shape index (κ2) is 10.0. The molecule has 1 fully saturated rings. The van der Waals surface area contributed by atoms with Gasteiger partial charge in [0.25, 0.3) is 11.1 Å². The van der Waals surface area contributed by atoms with Gasteiger partial charge >= 0.3 is 0 Å². The summed E-state index contributed by atoms with van der Waals surface area (Å²) in [7, 11) is 0. The second-order valence-corrected chi connectivity index (χ2v) is 8.23. The lowest BCUT2D eigenvalue weighted by molar-refractivity contribution is -0.124. The maximum absolute atomic E-state index is 12.6. The van der Waals surface area contributed by atoms with Crippen LogP contribution in [0.25, 0.3) is 6.08 Å². The van der Waals surface area contributed by atoms with Crippen LogP contribution in [0.4, 0.5) is 4.79 Å². The summed E-state index contributed by atoms with van der Waals surface area (Å²) in [5.74, 6) is 0.900. The molecule has 3 rings (SSSR count). The van der Waals surface area contributed by atoms with Crippen LogP contribution in [-0.2, 0) is 11.4 Å². The van der Waals surface area contributed by atoms with E-state index in [1.54, 1.807) is 12.1 Å². The zero-order valence-corrected chi connectivity index (χ0v) is 18.8. The molecule has 7 heteroatoms. The summed E-state index contributed by atoms with van der Waals surface area (Å²) in [4.78, 5) is 26.6. The summed E-state index contributed by atoms with van der Waals surface area (Å²) in [5.41, 5.74) is 1.64. The van der Waals surface area contributed by atoms with Crippen molar-refractivity contribution in [1.82, 2.24) is 4.90 Å². The van der Waals surface area contributed by atoms with Crippen molar-refractivity contribution in [2.45, 2.75) is 39.8 Å². The van der Waals surface area contributed by atoms with Crippen LogP contribution in [0.3, 0.4) is 0 Å². The Kier molecular flexibility index (Phi) is 7.45. The molecule has 0 saturated carbocycles. The lowest BCUT2D eigenvalue weighted by atomic mass is 10.1. The maximum atomic E-state index is 12.6. The topological polar surface area (TPSA) is 55.8 Å². The smallest absolute Gasteiger partial charge is 0.293 e. The lowest BCUT2D eigenvalue weighted by Gasteiger charge is -2.19. The van der Waals surface area contributed by atoms with Crippen LogP contribution >= 0.6 is 23.4 Å². The molecule has 30 heavy (non-hydrogen) atoms. The molecule has 2 aromatic rings. The Morgan fingerprint density at radius 2 is 1.87 bits per heavy atom. The van der Waals surface area contributed by atoms with Gasteiger partial charge < -0.3 is 9.47 Å². The predicted octanol–water partition coefficient (Wildman–Crippen LogP) is 6.15. The fourth-order valence-electron chi connectivity index (χ4n) is 2.97. The molecule has 0 aliphatic carbocycles. The third kappa shape index (κ3) is 4.99. The lowest BCUT2D eigenvalue weighted by Crippen LogP contribution is -2.36. The predicted molar refractivity (Wildman–Crippen MR) is 121 cm³/mol. The van der Waals surface area contributed by atoms with Crippen LogP contribution in [0, 0.1) is 0 Å². The highest BCUT2D eigenvalue weighted by Gasteiger charge is 2.37. The van der Waals surface area contributed by atoms with E-state index in [2.05, 4.69) is 0 Å². The Balaban J connectivity index is 1.81. The summed E-state index contributed by atoms with van der Waals surface area (Å²) in [6.07, 6.45) is 2.44. The Hall–Kier alpha value is -2.44. The van der Waals surface area contributed by atoms with Crippen molar-refractivity contribution in [1.29, 1.82) is 0 Å². The summed E-state index contributed by atoms with van der Waals surface area (Å²) < 4.78 is 11.6. The number of amides is 2. The van der Waals surface area contributed by atoms with E-state index in [1.165, 1.54) is 4.90 Å². The first kappa shape index (κ1) is 22.2. The minimum Gasteiger partial charge on any atom is -0.490 e. The molecule has 0 N–H and O–H groups in total. The van der Waals surface area contributed by atoms with Crippen molar-refractivity contribution in [3.63, 3.8) is 0 Å². The van der Waals surface area contributed by atoms with Crippen LogP contribution in [0.1, 0.15) is 38.3 Å². The molecule has 2 aromatic carbocycles. The molecule has 1 heterocycles. The molecule has 1 atom stereocenters. The fourth-order valence-corrected chi connectivity index (χ4v) is 4.09. The van der Waals surface area contributed by atoms with Crippen LogP contribution in [-0.4, -0.2) is 28.7 Å². The van der Waals surface area contributed by atoms with Gasteiger partial charge in [0.2, 0.25) is 0 Å². The minimum absolute atomic E-state index is 0.122. The second-order valence-electron chi connectivity index (χ2n) is 6.83. The molecule has 0 unspecified atom stereocenters. The van der Waals surface area contributed by atoms with E-state index in [9.17, 15) is 9.59 Å². The number of carbonyl (C=O) groups excluding carboxylic acids is 2. The van der Waals surface area contributed by atoms with Gasteiger partial charge in [-0.2, -0.15) is 0 Å². The summed E-state index contributed by atoms with van der Waals surface area (Å²) in [5, 5.41) is 0.412. The first-order valence-electron chi connectivity index (χ1n) is 9.84. The van der Waals surface area contributed by atoms with Crippen molar-refractivity contribution in [2.24, 2.45) is 0 Å². The highest BCUT2D eigenvalue weighted by molar-refractivity contribution is 8.18. The Morgan fingerprint density at radius 3 is 2.57 bits per heavy atom. The quantitative estimate of drug-likeness (QED) is 0.456.